The van der Waals surface area contributed by atoms with E-state index in [9.17, 15) is 0 Å². The number of rotatable bonds is 4. The molecule has 20 heavy (non-hydrogen) atoms. The lowest BCUT2D eigenvalue weighted by atomic mass is 9.87. The fourth-order valence-corrected chi connectivity index (χ4v) is 5.67. The van der Waals surface area contributed by atoms with Crippen LogP contribution in [0.2, 0.25) is 0 Å². The summed E-state index contributed by atoms with van der Waals surface area (Å²) < 4.78 is 5.39. The molecule has 1 aliphatic carbocycles. The van der Waals surface area contributed by atoms with E-state index in [1.165, 1.54) is 47.6 Å². The summed E-state index contributed by atoms with van der Waals surface area (Å²) in [5.74, 6) is 4.92. The highest BCUT2D eigenvalue weighted by molar-refractivity contribution is 8.06. The number of aryl methyl sites for hydroxylation is 1. The van der Waals surface area contributed by atoms with Gasteiger partial charge >= 0.3 is 0 Å². The third-order valence-corrected chi connectivity index (χ3v) is 6.99. The van der Waals surface area contributed by atoms with E-state index in [2.05, 4.69) is 47.0 Å². The normalized spacial score (nSPS) is 26.1. The van der Waals surface area contributed by atoms with E-state index in [0.29, 0.717) is 6.04 Å². The highest BCUT2D eigenvalue weighted by Crippen LogP contribution is 2.33. The van der Waals surface area contributed by atoms with Crippen molar-refractivity contribution in [1.29, 1.82) is 0 Å². The fourth-order valence-electron chi connectivity index (χ4n) is 3.04. The van der Waals surface area contributed by atoms with Crippen LogP contribution in [-0.4, -0.2) is 36.2 Å². The number of thioether (sulfide) groups is 2. The number of hydrogen-bond acceptors (Lipinski definition) is 4. The van der Waals surface area contributed by atoms with E-state index < -0.39 is 0 Å². The average molecular weight is 310 g/mol. The van der Waals surface area contributed by atoms with Crippen LogP contribution in [0.25, 0.3) is 0 Å². The lowest BCUT2D eigenvalue weighted by Gasteiger charge is -2.29. The molecule has 0 aromatic heterocycles. The van der Waals surface area contributed by atoms with Gasteiger partial charge < -0.3 is 10.1 Å². The average Bonchev–Trinajstić information content (AvgIpc) is 2.53. The maximum absolute atomic E-state index is 5.39. The smallest absolute Gasteiger partial charge is 0.119 e. The summed E-state index contributed by atoms with van der Waals surface area (Å²) >= 11 is 4.23. The van der Waals surface area contributed by atoms with E-state index in [4.69, 9.17) is 4.74 Å². The number of hydrogen-bond donors (Lipinski definition) is 1. The Bertz CT molecular complexity index is 446. The molecule has 0 radical (unpaired) electrons. The third-order valence-electron chi connectivity index (χ3n) is 4.14. The van der Waals surface area contributed by atoms with Crippen molar-refractivity contribution in [1.82, 2.24) is 5.32 Å². The second-order valence-corrected chi connectivity index (χ2v) is 8.04. The first-order chi connectivity index (χ1) is 9.86. The molecular weight excluding hydrogens is 286 g/mol. The van der Waals surface area contributed by atoms with Gasteiger partial charge in [0.05, 0.1) is 7.11 Å². The largest absolute Gasteiger partial charge is 0.497 e. The summed E-state index contributed by atoms with van der Waals surface area (Å²) in [6.45, 7) is 1.14. The van der Waals surface area contributed by atoms with Crippen molar-refractivity contribution in [3.63, 3.8) is 0 Å². The number of fused-ring (bicyclic) bond motifs is 1. The van der Waals surface area contributed by atoms with Gasteiger partial charge in [0.1, 0.15) is 5.75 Å². The molecule has 0 bridgehead atoms. The minimum absolute atomic E-state index is 0.515. The van der Waals surface area contributed by atoms with Crippen molar-refractivity contribution in [2.75, 3.05) is 30.9 Å². The summed E-state index contributed by atoms with van der Waals surface area (Å²) in [5, 5.41) is 4.59. The van der Waals surface area contributed by atoms with Gasteiger partial charge in [0.25, 0.3) is 0 Å². The molecule has 1 N–H and O–H groups in total. The van der Waals surface area contributed by atoms with Crippen molar-refractivity contribution >= 4 is 23.5 Å². The van der Waals surface area contributed by atoms with Gasteiger partial charge in [0, 0.05) is 35.1 Å². The Kier molecular flexibility index (Phi) is 5.19. The van der Waals surface area contributed by atoms with Crippen LogP contribution in [0.15, 0.2) is 18.2 Å². The topological polar surface area (TPSA) is 21.3 Å². The van der Waals surface area contributed by atoms with Crippen LogP contribution in [-0.2, 0) is 6.42 Å². The molecule has 0 spiro atoms. The van der Waals surface area contributed by atoms with Crippen LogP contribution in [0, 0.1) is 0 Å². The van der Waals surface area contributed by atoms with Gasteiger partial charge in [-0.3, -0.25) is 0 Å². The van der Waals surface area contributed by atoms with E-state index in [0.717, 1.165) is 17.5 Å². The monoisotopic (exact) mass is 309 g/mol. The standard InChI is InChI=1S/C16H23NOS2/c1-18-13-6-5-12-3-2-4-16(15(12)9-13)17-10-14-11-19-7-8-20-14/h5-6,9,14,16-17H,2-4,7-8,10-11H2,1H3. The number of methoxy groups -OCH3 is 1. The molecule has 2 nitrogen and oxygen atoms in total. The number of nitrogens with one attached hydrogen (secondary N) is 1. The Morgan fingerprint density at radius 3 is 3.10 bits per heavy atom. The summed E-state index contributed by atoms with van der Waals surface area (Å²) in [4.78, 5) is 0. The Morgan fingerprint density at radius 1 is 1.35 bits per heavy atom. The molecule has 0 amide bonds. The molecule has 1 fully saturated rings. The van der Waals surface area contributed by atoms with Crippen LogP contribution in [0.5, 0.6) is 5.75 Å². The molecule has 1 aromatic rings. The third kappa shape index (κ3) is 3.46. The maximum atomic E-state index is 5.39. The van der Waals surface area contributed by atoms with E-state index in [1.807, 2.05) is 0 Å². The van der Waals surface area contributed by atoms with Gasteiger partial charge in [-0.25, -0.2) is 0 Å². The summed E-state index contributed by atoms with van der Waals surface area (Å²) in [6.07, 6.45) is 3.76. The highest BCUT2D eigenvalue weighted by Gasteiger charge is 2.22. The lowest BCUT2D eigenvalue weighted by molar-refractivity contribution is 0.409. The quantitative estimate of drug-likeness (QED) is 0.918. The summed E-state index contributed by atoms with van der Waals surface area (Å²) in [7, 11) is 1.75. The minimum Gasteiger partial charge on any atom is -0.497 e. The summed E-state index contributed by atoms with van der Waals surface area (Å²) in [6, 6.07) is 7.08. The van der Waals surface area contributed by atoms with Crippen LogP contribution >= 0.6 is 23.5 Å². The van der Waals surface area contributed by atoms with Crippen molar-refractivity contribution in [3.8, 4) is 5.75 Å². The zero-order valence-corrected chi connectivity index (χ0v) is 13.7. The maximum Gasteiger partial charge on any atom is 0.119 e. The van der Waals surface area contributed by atoms with Crippen LogP contribution in [0.3, 0.4) is 0 Å². The Hall–Kier alpha value is -0.320. The van der Waals surface area contributed by atoms with Gasteiger partial charge in [-0.15, -0.1) is 0 Å². The zero-order valence-electron chi connectivity index (χ0n) is 12.1. The Labute approximate surface area is 130 Å². The highest BCUT2D eigenvalue weighted by atomic mass is 32.2. The molecule has 110 valence electrons. The molecule has 2 unspecified atom stereocenters. The van der Waals surface area contributed by atoms with Gasteiger partial charge in [-0.2, -0.15) is 23.5 Å². The minimum atomic E-state index is 0.515. The van der Waals surface area contributed by atoms with Crippen molar-refractivity contribution < 1.29 is 4.74 Å². The second kappa shape index (κ2) is 7.10. The van der Waals surface area contributed by atoms with Crippen LogP contribution < -0.4 is 10.1 Å². The lowest BCUT2D eigenvalue weighted by Crippen LogP contribution is -2.33. The van der Waals surface area contributed by atoms with Crippen LogP contribution in [0.4, 0.5) is 0 Å². The predicted octanol–water partition coefficient (Wildman–Crippen LogP) is 3.51. The van der Waals surface area contributed by atoms with Gasteiger partial charge in [-0.1, -0.05) is 6.07 Å². The Morgan fingerprint density at radius 2 is 2.30 bits per heavy atom. The molecule has 3 rings (SSSR count). The van der Waals surface area contributed by atoms with Gasteiger partial charge in [0.15, 0.2) is 0 Å². The molecule has 1 aromatic carbocycles. The molecule has 1 saturated heterocycles. The fraction of sp³-hybridized carbons (Fsp3) is 0.625. The van der Waals surface area contributed by atoms with Gasteiger partial charge in [-0.05, 0) is 42.5 Å². The van der Waals surface area contributed by atoms with Crippen LogP contribution in [0.1, 0.15) is 30.0 Å². The molecule has 2 aliphatic rings. The van der Waals surface area contributed by atoms with E-state index >= 15 is 0 Å². The van der Waals surface area contributed by atoms with E-state index in [-0.39, 0.29) is 0 Å². The van der Waals surface area contributed by atoms with Gasteiger partial charge in [0.2, 0.25) is 0 Å². The number of benzene rings is 1. The van der Waals surface area contributed by atoms with Crippen molar-refractivity contribution in [2.24, 2.45) is 0 Å². The first kappa shape index (κ1) is 14.6. The molecule has 1 aliphatic heterocycles. The first-order valence-corrected chi connectivity index (χ1v) is 9.66. The molecular formula is C16H23NOS2. The molecule has 1 heterocycles. The Balaban J connectivity index is 1.65. The SMILES string of the molecule is COc1ccc2c(c1)C(NCC1CSCCS1)CCC2. The molecule has 2 atom stereocenters. The predicted molar refractivity (Wildman–Crippen MR) is 90.2 cm³/mol. The van der Waals surface area contributed by atoms with E-state index in [1.54, 1.807) is 7.11 Å². The zero-order chi connectivity index (χ0) is 13.8. The van der Waals surface area contributed by atoms with Crippen molar-refractivity contribution in [3.05, 3.63) is 29.3 Å². The van der Waals surface area contributed by atoms with Crippen molar-refractivity contribution in [2.45, 2.75) is 30.6 Å². The second-order valence-electron chi connectivity index (χ2n) is 5.49. The number of ether oxygens (including phenoxy) is 1. The first-order valence-electron chi connectivity index (χ1n) is 7.46. The summed E-state index contributed by atoms with van der Waals surface area (Å²) in [5.41, 5.74) is 2.96. The molecule has 4 heteroatoms. The molecule has 0 saturated carbocycles.